The van der Waals surface area contributed by atoms with Crippen LogP contribution in [0.15, 0.2) is 23.6 Å². The number of carbonyl (C=O) groups excluding carboxylic acids is 1. The molecule has 0 bridgehead atoms. The van der Waals surface area contributed by atoms with E-state index < -0.39 is 11.6 Å². The van der Waals surface area contributed by atoms with Gasteiger partial charge in [-0.2, -0.15) is 0 Å². The molecule has 8 heteroatoms. The molecule has 1 fully saturated rings. The number of halogens is 3. The number of hydrogen-bond donors (Lipinski definition) is 2. The standard InChI is InChI=1S/C16H17F2N3OS.ClH/c1-9-5-6-19-7-12(9)20-15(22)13-8-23-16(21-13)14-10(17)3-2-4-11(14)18;/h2-4,8-9,12,19H,5-7H2,1H3,(H,20,22);1H. The van der Waals surface area contributed by atoms with Gasteiger partial charge in [-0.1, -0.05) is 13.0 Å². The fourth-order valence-corrected chi connectivity index (χ4v) is 3.47. The first-order valence-corrected chi connectivity index (χ1v) is 8.35. The molecule has 2 atom stereocenters. The molecule has 1 amide bonds. The maximum atomic E-state index is 13.8. The third-order valence-electron chi connectivity index (χ3n) is 4.06. The van der Waals surface area contributed by atoms with Crippen LogP contribution >= 0.6 is 23.7 Å². The molecule has 2 N–H and O–H groups in total. The highest BCUT2D eigenvalue weighted by Gasteiger charge is 2.24. The Morgan fingerprint density at radius 1 is 1.38 bits per heavy atom. The molecule has 3 rings (SSSR count). The third kappa shape index (κ3) is 3.91. The number of hydrogen-bond acceptors (Lipinski definition) is 4. The van der Waals surface area contributed by atoms with Crippen molar-refractivity contribution >= 4 is 29.7 Å². The van der Waals surface area contributed by atoms with Crippen LogP contribution in [0.3, 0.4) is 0 Å². The Morgan fingerprint density at radius 2 is 2.08 bits per heavy atom. The number of aromatic nitrogens is 1. The molecule has 1 aromatic heterocycles. The summed E-state index contributed by atoms with van der Waals surface area (Å²) in [5, 5.41) is 7.86. The molecule has 1 saturated heterocycles. The largest absolute Gasteiger partial charge is 0.346 e. The predicted molar refractivity (Wildman–Crippen MR) is 92.6 cm³/mol. The minimum absolute atomic E-state index is 0. The Hall–Kier alpha value is -1.57. The van der Waals surface area contributed by atoms with E-state index in [2.05, 4.69) is 22.5 Å². The number of carbonyl (C=O) groups is 1. The van der Waals surface area contributed by atoms with Crippen molar-refractivity contribution in [1.82, 2.24) is 15.6 Å². The van der Waals surface area contributed by atoms with E-state index in [0.29, 0.717) is 12.5 Å². The van der Waals surface area contributed by atoms with Gasteiger partial charge in [-0.3, -0.25) is 4.79 Å². The summed E-state index contributed by atoms with van der Waals surface area (Å²) in [6.07, 6.45) is 0.994. The summed E-state index contributed by atoms with van der Waals surface area (Å²) in [4.78, 5) is 16.4. The number of piperidine rings is 1. The second kappa shape index (κ2) is 8.00. The number of rotatable bonds is 3. The molecule has 1 aromatic carbocycles. The van der Waals surface area contributed by atoms with Crippen LogP contribution in [0, 0.1) is 17.6 Å². The van der Waals surface area contributed by atoms with Crippen molar-refractivity contribution in [2.75, 3.05) is 13.1 Å². The van der Waals surface area contributed by atoms with Gasteiger partial charge in [-0.05, 0) is 31.0 Å². The average molecular weight is 374 g/mol. The van der Waals surface area contributed by atoms with Gasteiger partial charge in [0.25, 0.3) is 5.91 Å². The Bertz CT molecular complexity index is 705. The van der Waals surface area contributed by atoms with E-state index in [1.54, 1.807) is 0 Å². The maximum Gasteiger partial charge on any atom is 0.271 e. The van der Waals surface area contributed by atoms with E-state index in [1.807, 2.05) is 0 Å². The predicted octanol–water partition coefficient (Wildman–Crippen LogP) is 3.24. The van der Waals surface area contributed by atoms with E-state index in [-0.39, 0.29) is 40.6 Å². The van der Waals surface area contributed by atoms with Crippen LogP contribution < -0.4 is 10.6 Å². The van der Waals surface area contributed by atoms with Gasteiger partial charge in [-0.15, -0.1) is 23.7 Å². The SMILES string of the molecule is CC1CCNCC1NC(=O)c1csc(-c2c(F)cccc2F)n1.Cl. The van der Waals surface area contributed by atoms with E-state index in [9.17, 15) is 13.6 Å². The molecular formula is C16H18ClF2N3OS. The highest BCUT2D eigenvalue weighted by molar-refractivity contribution is 7.13. The molecule has 2 heterocycles. The molecule has 0 spiro atoms. The average Bonchev–Trinajstić information content (AvgIpc) is 2.99. The van der Waals surface area contributed by atoms with Crippen molar-refractivity contribution in [3.05, 3.63) is 40.9 Å². The topological polar surface area (TPSA) is 54.0 Å². The molecule has 2 aromatic rings. The molecule has 4 nitrogen and oxygen atoms in total. The number of thiazole rings is 1. The van der Waals surface area contributed by atoms with Crippen LogP contribution in [-0.2, 0) is 0 Å². The van der Waals surface area contributed by atoms with Crippen LogP contribution in [-0.4, -0.2) is 30.0 Å². The Morgan fingerprint density at radius 3 is 2.75 bits per heavy atom. The second-order valence-corrected chi connectivity index (χ2v) is 6.54. The summed E-state index contributed by atoms with van der Waals surface area (Å²) in [5.74, 6) is -1.31. The minimum Gasteiger partial charge on any atom is -0.346 e. The van der Waals surface area contributed by atoms with Crippen molar-refractivity contribution in [3.8, 4) is 10.6 Å². The lowest BCUT2D eigenvalue weighted by atomic mass is 9.95. The normalized spacial score (nSPS) is 20.3. The van der Waals surface area contributed by atoms with Gasteiger partial charge in [0.2, 0.25) is 0 Å². The lowest BCUT2D eigenvalue weighted by molar-refractivity contribution is 0.0911. The number of nitrogens with zero attached hydrogens (tertiary/aromatic N) is 1. The van der Waals surface area contributed by atoms with Crippen LogP contribution in [0.25, 0.3) is 10.6 Å². The van der Waals surface area contributed by atoms with Crippen LogP contribution in [0.2, 0.25) is 0 Å². The zero-order valence-corrected chi connectivity index (χ0v) is 14.6. The quantitative estimate of drug-likeness (QED) is 0.868. The minimum atomic E-state index is -0.684. The van der Waals surface area contributed by atoms with Gasteiger partial charge in [-0.25, -0.2) is 13.8 Å². The van der Waals surface area contributed by atoms with Gasteiger partial charge in [0, 0.05) is 18.0 Å². The number of amides is 1. The highest BCUT2D eigenvalue weighted by Crippen LogP contribution is 2.29. The first kappa shape index (κ1) is 18.8. The van der Waals surface area contributed by atoms with Crippen LogP contribution in [0.5, 0.6) is 0 Å². The van der Waals surface area contributed by atoms with Gasteiger partial charge in [0.15, 0.2) is 0 Å². The van der Waals surface area contributed by atoms with Crippen molar-refractivity contribution in [2.45, 2.75) is 19.4 Å². The van der Waals surface area contributed by atoms with Crippen molar-refractivity contribution in [2.24, 2.45) is 5.92 Å². The van der Waals surface area contributed by atoms with Crippen molar-refractivity contribution in [1.29, 1.82) is 0 Å². The lowest BCUT2D eigenvalue weighted by Gasteiger charge is -2.29. The molecule has 24 heavy (non-hydrogen) atoms. The van der Waals surface area contributed by atoms with Gasteiger partial charge < -0.3 is 10.6 Å². The molecular weight excluding hydrogens is 356 g/mol. The zero-order chi connectivity index (χ0) is 16.4. The molecule has 1 aliphatic rings. The zero-order valence-electron chi connectivity index (χ0n) is 13.0. The first-order chi connectivity index (χ1) is 11.1. The molecule has 1 aliphatic heterocycles. The fourth-order valence-electron chi connectivity index (χ4n) is 2.62. The highest BCUT2D eigenvalue weighted by atomic mass is 35.5. The van der Waals surface area contributed by atoms with E-state index in [1.165, 1.54) is 23.6 Å². The summed E-state index contributed by atoms with van der Waals surface area (Å²) in [6.45, 7) is 3.75. The number of benzene rings is 1. The second-order valence-electron chi connectivity index (χ2n) is 5.68. The van der Waals surface area contributed by atoms with E-state index in [4.69, 9.17) is 0 Å². The molecule has 0 saturated carbocycles. The van der Waals surface area contributed by atoms with Gasteiger partial charge in [0.1, 0.15) is 22.3 Å². The lowest BCUT2D eigenvalue weighted by Crippen LogP contribution is -2.50. The fraction of sp³-hybridized carbons (Fsp3) is 0.375. The van der Waals surface area contributed by atoms with Crippen LogP contribution in [0.1, 0.15) is 23.8 Å². The summed E-state index contributed by atoms with van der Waals surface area (Å²) in [5.41, 5.74) is -0.00493. The van der Waals surface area contributed by atoms with E-state index >= 15 is 0 Å². The van der Waals surface area contributed by atoms with Crippen LogP contribution in [0.4, 0.5) is 8.78 Å². The Balaban J connectivity index is 0.00000208. The summed E-state index contributed by atoms with van der Waals surface area (Å²) >= 11 is 1.05. The maximum absolute atomic E-state index is 13.8. The number of nitrogens with one attached hydrogen (secondary N) is 2. The van der Waals surface area contributed by atoms with E-state index in [0.717, 1.165) is 24.3 Å². The monoisotopic (exact) mass is 373 g/mol. The van der Waals surface area contributed by atoms with Crippen molar-refractivity contribution < 1.29 is 13.6 Å². The van der Waals surface area contributed by atoms with Crippen molar-refractivity contribution in [3.63, 3.8) is 0 Å². The smallest absolute Gasteiger partial charge is 0.271 e. The third-order valence-corrected chi connectivity index (χ3v) is 4.92. The summed E-state index contributed by atoms with van der Waals surface area (Å²) in [7, 11) is 0. The first-order valence-electron chi connectivity index (χ1n) is 7.47. The van der Waals surface area contributed by atoms with Gasteiger partial charge >= 0.3 is 0 Å². The molecule has 0 aliphatic carbocycles. The van der Waals surface area contributed by atoms with Gasteiger partial charge in [0.05, 0.1) is 5.56 Å². The molecule has 2 unspecified atom stereocenters. The Kier molecular flexibility index (Phi) is 6.26. The summed E-state index contributed by atoms with van der Waals surface area (Å²) < 4.78 is 27.6. The summed E-state index contributed by atoms with van der Waals surface area (Å²) in [6, 6.07) is 3.68. The Labute approximate surface area is 149 Å². The molecule has 130 valence electrons. The molecule has 0 radical (unpaired) electrons.